The summed E-state index contributed by atoms with van der Waals surface area (Å²) in [4.78, 5) is 24.5. The minimum Gasteiger partial charge on any atom is -0.399 e. The standard InChI is InChI=1S/C13H14F3N3O2/c1-12(2)11(21)18-10(20)6-19(12)9-4-3-7(17)5-8(9)13(14,15)16/h3-5H,6,17H2,1-2H3,(H,18,20,21). The number of halogens is 3. The number of nitrogen functional groups attached to an aromatic ring is 1. The van der Waals surface area contributed by atoms with Gasteiger partial charge >= 0.3 is 6.18 Å². The highest BCUT2D eigenvalue weighted by Gasteiger charge is 2.44. The first-order chi connectivity index (χ1) is 9.53. The number of alkyl halides is 3. The van der Waals surface area contributed by atoms with Gasteiger partial charge in [-0.2, -0.15) is 13.2 Å². The van der Waals surface area contributed by atoms with Gasteiger partial charge in [0, 0.05) is 5.69 Å². The zero-order valence-electron chi connectivity index (χ0n) is 11.4. The van der Waals surface area contributed by atoms with E-state index < -0.39 is 29.1 Å². The molecule has 114 valence electrons. The summed E-state index contributed by atoms with van der Waals surface area (Å²) < 4.78 is 39.5. The Morgan fingerprint density at radius 3 is 2.48 bits per heavy atom. The van der Waals surface area contributed by atoms with Crippen molar-refractivity contribution in [3.63, 3.8) is 0 Å². The van der Waals surface area contributed by atoms with Crippen molar-refractivity contribution in [3.05, 3.63) is 23.8 Å². The van der Waals surface area contributed by atoms with Crippen LogP contribution in [0.5, 0.6) is 0 Å². The van der Waals surface area contributed by atoms with Crippen LogP contribution >= 0.6 is 0 Å². The van der Waals surface area contributed by atoms with Crippen molar-refractivity contribution in [2.24, 2.45) is 0 Å². The molecule has 0 aliphatic carbocycles. The fourth-order valence-electron chi connectivity index (χ4n) is 2.19. The summed E-state index contributed by atoms with van der Waals surface area (Å²) in [5.41, 5.74) is 2.86. The number of hydrogen-bond donors (Lipinski definition) is 2. The van der Waals surface area contributed by atoms with Gasteiger partial charge < -0.3 is 10.6 Å². The van der Waals surface area contributed by atoms with Crippen LogP contribution < -0.4 is 16.0 Å². The number of nitrogens with zero attached hydrogens (tertiary/aromatic N) is 1. The van der Waals surface area contributed by atoms with Crippen molar-refractivity contribution in [3.8, 4) is 0 Å². The van der Waals surface area contributed by atoms with Gasteiger partial charge in [0.1, 0.15) is 5.54 Å². The van der Waals surface area contributed by atoms with Gasteiger partial charge in [0.05, 0.1) is 17.8 Å². The molecule has 0 aromatic heterocycles. The van der Waals surface area contributed by atoms with E-state index in [1.54, 1.807) is 0 Å². The van der Waals surface area contributed by atoms with Gasteiger partial charge in [0.15, 0.2) is 0 Å². The maximum Gasteiger partial charge on any atom is 0.418 e. The first-order valence-corrected chi connectivity index (χ1v) is 6.12. The Labute approximate surface area is 118 Å². The number of carbonyl (C=O) groups excluding carboxylic acids is 2. The second kappa shape index (κ2) is 4.64. The Hall–Kier alpha value is -2.25. The van der Waals surface area contributed by atoms with Crippen LogP contribution in [0.3, 0.4) is 0 Å². The third kappa shape index (κ3) is 2.65. The maximum absolute atomic E-state index is 13.2. The van der Waals surface area contributed by atoms with Crippen LogP contribution in [0, 0.1) is 0 Å². The lowest BCUT2D eigenvalue weighted by molar-refractivity contribution is -0.139. The summed E-state index contributed by atoms with van der Waals surface area (Å²) in [5, 5.41) is 2.11. The average molecular weight is 301 g/mol. The van der Waals surface area contributed by atoms with Gasteiger partial charge in [-0.1, -0.05) is 0 Å². The fourth-order valence-corrected chi connectivity index (χ4v) is 2.19. The molecule has 3 N–H and O–H groups in total. The second-order valence-electron chi connectivity index (χ2n) is 5.30. The van der Waals surface area contributed by atoms with Crippen molar-refractivity contribution in [1.82, 2.24) is 5.32 Å². The van der Waals surface area contributed by atoms with Crippen molar-refractivity contribution < 1.29 is 22.8 Å². The Kier molecular flexibility index (Phi) is 3.35. The lowest BCUT2D eigenvalue weighted by atomic mass is 9.96. The molecule has 8 heteroatoms. The van der Waals surface area contributed by atoms with Crippen LogP contribution in [-0.2, 0) is 15.8 Å². The molecule has 21 heavy (non-hydrogen) atoms. The van der Waals surface area contributed by atoms with E-state index in [2.05, 4.69) is 5.32 Å². The minimum atomic E-state index is -4.64. The number of rotatable bonds is 1. The molecule has 1 aliphatic rings. The number of hydrogen-bond acceptors (Lipinski definition) is 4. The van der Waals surface area contributed by atoms with Crippen LogP contribution in [0.1, 0.15) is 19.4 Å². The molecule has 1 aliphatic heterocycles. The summed E-state index contributed by atoms with van der Waals surface area (Å²) >= 11 is 0. The molecule has 5 nitrogen and oxygen atoms in total. The van der Waals surface area contributed by atoms with E-state index in [-0.39, 0.29) is 17.9 Å². The molecule has 1 fully saturated rings. The number of nitrogens with two attached hydrogens (primary N) is 1. The molecule has 0 unspecified atom stereocenters. The first-order valence-electron chi connectivity index (χ1n) is 6.12. The number of amides is 2. The molecule has 0 spiro atoms. The van der Waals surface area contributed by atoms with Gasteiger partial charge in [-0.05, 0) is 32.0 Å². The number of anilines is 2. The molecule has 0 bridgehead atoms. The number of imide groups is 1. The van der Waals surface area contributed by atoms with Crippen LogP contribution in [0.2, 0.25) is 0 Å². The smallest absolute Gasteiger partial charge is 0.399 e. The highest BCUT2D eigenvalue weighted by atomic mass is 19.4. The third-order valence-electron chi connectivity index (χ3n) is 3.40. The predicted octanol–water partition coefficient (Wildman–Crippen LogP) is 1.53. The van der Waals surface area contributed by atoms with Gasteiger partial charge in [-0.15, -0.1) is 0 Å². The Morgan fingerprint density at radius 2 is 1.90 bits per heavy atom. The Morgan fingerprint density at radius 1 is 1.29 bits per heavy atom. The van der Waals surface area contributed by atoms with E-state index in [1.165, 1.54) is 26.0 Å². The molecule has 1 heterocycles. The van der Waals surface area contributed by atoms with Crippen LogP contribution in [0.25, 0.3) is 0 Å². The average Bonchev–Trinajstić information content (AvgIpc) is 2.33. The van der Waals surface area contributed by atoms with Crippen molar-refractivity contribution >= 4 is 23.2 Å². The monoisotopic (exact) mass is 301 g/mol. The van der Waals surface area contributed by atoms with E-state index in [0.717, 1.165) is 11.0 Å². The number of piperazine rings is 1. The third-order valence-corrected chi connectivity index (χ3v) is 3.40. The summed E-state index contributed by atoms with van der Waals surface area (Å²) in [6, 6.07) is 3.27. The zero-order valence-corrected chi connectivity index (χ0v) is 11.4. The number of benzene rings is 1. The molecule has 0 saturated carbocycles. The largest absolute Gasteiger partial charge is 0.418 e. The lowest BCUT2D eigenvalue weighted by Crippen LogP contribution is -2.64. The number of carbonyl (C=O) groups is 2. The second-order valence-corrected chi connectivity index (χ2v) is 5.30. The molecular formula is C13H14F3N3O2. The van der Waals surface area contributed by atoms with Gasteiger partial charge in [0.25, 0.3) is 5.91 Å². The van der Waals surface area contributed by atoms with Crippen LogP contribution in [0.15, 0.2) is 18.2 Å². The van der Waals surface area contributed by atoms with Crippen molar-refractivity contribution in [2.45, 2.75) is 25.6 Å². The van der Waals surface area contributed by atoms with E-state index in [9.17, 15) is 22.8 Å². The minimum absolute atomic E-state index is 0.0448. The quantitative estimate of drug-likeness (QED) is 0.609. The summed E-state index contributed by atoms with van der Waals surface area (Å²) in [5.74, 6) is -1.30. The molecular weight excluding hydrogens is 287 g/mol. The molecule has 1 aromatic carbocycles. The van der Waals surface area contributed by atoms with Crippen molar-refractivity contribution in [1.29, 1.82) is 0 Å². The van der Waals surface area contributed by atoms with Crippen LogP contribution in [-0.4, -0.2) is 23.9 Å². The predicted molar refractivity (Wildman–Crippen MR) is 70.4 cm³/mol. The topological polar surface area (TPSA) is 75.4 Å². The molecule has 2 rings (SSSR count). The highest BCUT2D eigenvalue weighted by molar-refractivity contribution is 6.06. The van der Waals surface area contributed by atoms with E-state index in [1.807, 2.05) is 0 Å². The highest BCUT2D eigenvalue weighted by Crippen LogP contribution is 2.40. The summed E-state index contributed by atoms with van der Waals surface area (Å²) in [6.07, 6.45) is -4.64. The summed E-state index contributed by atoms with van der Waals surface area (Å²) in [6.45, 7) is 2.56. The van der Waals surface area contributed by atoms with Crippen LogP contribution in [0.4, 0.5) is 24.5 Å². The van der Waals surface area contributed by atoms with Crippen molar-refractivity contribution in [2.75, 3.05) is 17.2 Å². The fraction of sp³-hybridized carbons (Fsp3) is 0.385. The molecule has 0 radical (unpaired) electrons. The number of nitrogens with one attached hydrogen (secondary N) is 1. The SMILES string of the molecule is CC1(C)C(=O)NC(=O)CN1c1ccc(N)cc1C(F)(F)F. The maximum atomic E-state index is 13.2. The molecule has 1 aromatic rings. The molecule has 2 amide bonds. The van der Waals surface area contributed by atoms with E-state index in [4.69, 9.17) is 5.73 Å². The Balaban J connectivity index is 2.60. The lowest BCUT2D eigenvalue weighted by Gasteiger charge is -2.42. The Bertz CT molecular complexity index is 611. The van der Waals surface area contributed by atoms with Gasteiger partial charge in [0.2, 0.25) is 5.91 Å². The van der Waals surface area contributed by atoms with Gasteiger partial charge in [-0.25, -0.2) is 0 Å². The molecule has 0 atom stereocenters. The zero-order chi connectivity index (χ0) is 16.0. The van der Waals surface area contributed by atoms with E-state index >= 15 is 0 Å². The molecule has 1 saturated heterocycles. The first kappa shape index (κ1) is 15.1. The van der Waals surface area contributed by atoms with E-state index in [0.29, 0.717) is 0 Å². The normalized spacial score (nSPS) is 18.6. The summed E-state index contributed by atoms with van der Waals surface area (Å²) in [7, 11) is 0. The van der Waals surface area contributed by atoms with Gasteiger partial charge in [-0.3, -0.25) is 14.9 Å².